The molecule has 18 heavy (non-hydrogen) atoms. The first-order chi connectivity index (χ1) is 8.71. The zero-order valence-corrected chi connectivity index (χ0v) is 12.6. The Kier molecular flexibility index (Phi) is 3.61. The summed E-state index contributed by atoms with van der Waals surface area (Å²) < 4.78 is 0. The van der Waals surface area contributed by atoms with E-state index in [1.54, 1.807) is 0 Å². The second-order valence-corrected chi connectivity index (χ2v) is 7.65. The number of thioether (sulfide) groups is 1. The highest BCUT2D eigenvalue weighted by molar-refractivity contribution is 8.14. The van der Waals surface area contributed by atoms with E-state index in [9.17, 15) is 0 Å². The van der Waals surface area contributed by atoms with Gasteiger partial charge in [0.1, 0.15) is 0 Å². The van der Waals surface area contributed by atoms with Crippen LogP contribution in [-0.2, 0) is 0 Å². The van der Waals surface area contributed by atoms with Crippen molar-refractivity contribution in [1.82, 2.24) is 5.32 Å². The van der Waals surface area contributed by atoms with Gasteiger partial charge in [-0.05, 0) is 37.5 Å². The van der Waals surface area contributed by atoms with E-state index in [1.165, 1.54) is 55.9 Å². The molecule has 4 atom stereocenters. The molecule has 3 heteroatoms. The van der Waals surface area contributed by atoms with Gasteiger partial charge in [0.05, 0.1) is 6.04 Å². The lowest BCUT2D eigenvalue weighted by atomic mass is 9.78. The first-order valence-electron chi connectivity index (χ1n) is 7.69. The summed E-state index contributed by atoms with van der Waals surface area (Å²) in [5.41, 5.74) is 0.399. The molecule has 1 saturated heterocycles. The Bertz CT molecular complexity index is 341. The molecule has 102 valence electrons. The predicted molar refractivity (Wildman–Crippen MR) is 80.2 cm³/mol. The summed E-state index contributed by atoms with van der Waals surface area (Å²) in [5.74, 6) is 3.04. The van der Waals surface area contributed by atoms with Gasteiger partial charge in [-0.2, -0.15) is 0 Å². The van der Waals surface area contributed by atoms with Crippen molar-refractivity contribution < 1.29 is 0 Å². The molecule has 3 rings (SSSR count). The Labute approximate surface area is 115 Å². The van der Waals surface area contributed by atoms with Gasteiger partial charge in [0.2, 0.25) is 0 Å². The number of aliphatic imine (C=N–C) groups is 1. The molecule has 1 spiro atoms. The Hall–Kier alpha value is -0.180. The summed E-state index contributed by atoms with van der Waals surface area (Å²) >= 11 is 1.98. The van der Waals surface area contributed by atoms with E-state index in [2.05, 4.69) is 19.2 Å². The van der Waals surface area contributed by atoms with Crippen molar-refractivity contribution in [3.05, 3.63) is 0 Å². The fourth-order valence-corrected chi connectivity index (χ4v) is 4.95. The van der Waals surface area contributed by atoms with Crippen LogP contribution in [0.4, 0.5) is 0 Å². The van der Waals surface area contributed by atoms with Crippen molar-refractivity contribution >= 4 is 16.9 Å². The summed E-state index contributed by atoms with van der Waals surface area (Å²) in [7, 11) is 0. The topological polar surface area (TPSA) is 24.4 Å². The third kappa shape index (κ3) is 2.71. The molecule has 1 heterocycles. The van der Waals surface area contributed by atoms with Crippen LogP contribution in [0.1, 0.15) is 58.8 Å². The van der Waals surface area contributed by atoms with Crippen LogP contribution in [-0.4, -0.2) is 22.5 Å². The smallest absolute Gasteiger partial charge is 0.157 e. The van der Waals surface area contributed by atoms with E-state index < -0.39 is 0 Å². The lowest BCUT2D eigenvalue weighted by Crippen LogP contribution is -2.47. The average Bonchev–Trinajstić information content (AvgIpc) is 2.93. The monoisotopic (exact) mass is 266 g/mol. The maximum absolute atomic E-state index is 4.93. The molecule has 0 aromatic carbocycles. The van der Waals surface area contributed by atoms with Crippen molar-refractivity contribution in [2.75, 3.05) is 5.75 Å². The lowest BCUT2D eigenvalue weighted by Gasteiger charge is -2.36. The third-order valence-electron chi connectivity index (χ3n) is 4.78. The first kappa shape index (κ1) is 12.8. The molecule has 2 saturated carbocycles. The highest BCUT2D eigenvalue weighted by Gasteiger charge is 2.42. The highest BCUT2D eigenvalue weighted by atomic mass is 32.2. The molecule has 2 nitrogen and oxygen atoms in total. The summed E-state index contributed by atoms with van der Waals surface area (Å²) in [4.78, 5) is 4.93. The minimum absolute atomic E-state index is 0.399. The minimum Gasteiger partial charge on any atom is -0.359 e. The van der Waals surface area contributed by atoms with Crippen LogP contribution in [0.3, 0.4) is 0 Å². The summed E-state index contributed by atoms with van der Waals surface area (Å²) in [6.45, 7) is 4.68. The normalized spacial score (nSPS) is 45.4. The van der Waals surface area contributed by atoms with Crippen LogP contribution >= 0.6 is 11.8 Å². The van der Waals surface area contributed by atoms with Crippen LogP contribution < -0.4 is 5.32 Å². The van der Waals surface area contributed by atoms with Crippen LogP contribution in [0.25, 0.3) is 0 Å². The van der Waals surface area contributed by atoms with E-state index in [0.29, 0.717) is 11.6 Å². The average molecular weight is 266 g/mol. The van der Waals surface area contributed by atoms with Crippen LogP contribution in [0.5, 0.6) is 0 Å². The fourth-order valence-electron chi connectivity index (χ4n) is 3.70. The quantitative estimate of drug-likeness (QED) is 0.840. The van der Waals surface area contributed by atoms with E-state index in [-0.39, 0.29) is 0 Å². The fraction of sp³-hybridized carbons (Fsp3) is 0.933. The molecule has 3 fully saturated rings. The van der Waals surface area contributed by atoms with E-state index in [1.807, 2.05) is 11.8 Å². The Balaban J connectivity index is 1.57. The molecular formula is C15H26N2S. The Morgan fingerprint density at radius 2 is 2.39 bits per heavy atom. The lowest BCUT2D eigenvalue weighted by molar-refractivity contribution is 0.242. The zero-order chi connectivity index (χ0) is 12.6. The van der Waals surface area contributed by atoms with Gasteiger partial charge >= 0.3 is 0 Å². The number of amidine groups is 1. The molecular weight excluding hydrogens is 240 g/mol. The van der Waals surface area contributed by atoms with Gasteiger partial charge in [-0.25, -0.2) is 0 Å². The van der Waals surface area contributed by atoms with E-state index in [0.717, 1.165) is 11.8 Å². The van der Waals surface area contributed by atoms with Gasteiger partial charge in [-0.15, -0.1) is 0 Å². The SMILES string of the molecule is CCCC1CC1N=C1NC2(CCCC(C)C2)CS1. The number of nitrogens with one attached hydrogen (secondary N) is 1. The molecule has 1 N–H and O–H groups in total. The van der Waals surface area contributed by atoms with Crippen molar-refractivity contribution in [2.45, 2.75) is 70.4 Å². The largest absolute Gasteiger partial charge is 0.359 e. The molecule has 0 amide bonds. The number of rotatable bonds is 3. The summed E-state index contributed by atoms with van der Waals surface area (Å²) in [6, 6.07) is 0.649. The molecule has 0 radical (unpaired) electrons. The van der Waals surface area contributed by atoms with Gasteiger partial charge < -0.3 is 5.32 Å². The van der Waals surface area contributed by atoms with Crippen LogP contribution in [0, 0.1) is 11.8 Å². The van der Waals surface area contributed by atoms with Crippen molar-refractivity contribution in [1.29, 1.82) is 0 Å². The van der Waals surface area contributed by atoms with Crippen molar-refractivity contribution in [3.63, 3.8) is 0 Å². The van der Waals surface area contributed by atoms with Gasteiger partial charge in [-0.3, -0.25) is 4.99 Å². The van der Waals surface area contributed by atoms with Crippen molar-refractivity contribution in [2.24, 2.45) is 16.8 Å². The number of hydrogen-bond acceptors (Lipinski definition) is 2. The molecule has 4 unspecified atom stereocenters. The standard InChI is InChI=1S/C15H26N2S/c1-3-5-12-8-13(12)16-14-17-15(10-18-14)7-4-6-11(2)9-15/h11-13H,3-10H2,1-2H3,(H,16,17). The molecule has 1 aliphatic heterocycles. The maximum Gasteiger partial charge on any atom is 0.157 e. The summed E-state index contributed by atoms with van der Waals surface area (Å²) in [5, 5.41) is 5.04. The highest BCUT2D eigenvalue weighted by Crippen LogP contribution is 2.42. The van der Waals surface area contributed by atoms with Gasteiger partial charge in [0.15, 0.2) is 5.17 Å². The molecule has 0 bridgehead atoms. The van der Waals surface area contributed by atoms with E-state index in [4.69, 9.17) is 4.99 Å². The number of nitrogens with zero attached hydrogens (tertiary/aromatic N) is 1. The maximum atomic E-state index is 4.93. The minimum atomic E-state index is 0.399. The van der Waals surface area contributed by atoms with Crippen molar-refractivity contribution in [3.8, 4) is 0 Å². The molecule has 2 aliphatic carbocycles. The molecule has 3 aliphatic rings. The first-order valence-corrected chi connectivity index (χ1v) is 8.68. The number of hydrogen-bond donors (Lipinski definition) is 1. The summed E-state index contributed by atoms with van der Waals surface area (Å²) in [6.07, 6.45) is 9.53. The Morgan fingerprint density at radius 3 is 3.17 bits per heavy atom. The van der Waals surface area contributed by atoms with Crippen LogP contribution in [0.2, 0.25) is 0 Å². The predicted octanol–water partition coefficient (Wildman–Crippen LogP) is 3.82. The Morgan fingerprint density at radius 1 is 1.50 bits per heavy atom. The molecule has 0 aromatic heterocycles. The van der Waals surface area contributed by atoms with Gasteiger partial charge in [-0.1, -0.05) is 44.9 Å². The second kappa shape index (κ2) is 5.07. The van der Waals surface area contributed by atoms with Crippen LogP contribution in [0.15, 0.2) is 4.99 Å². The second-order valence-electron chi connectivity index (χ2n) is 6.68. The van der Waals surface area contributed by atoms with Gasteiger partial charge in [0, 0.05) is 11.3 Å². The molecule has 0 aromatic rings. The zero-order valence-electron chi connectivity index (χ0n) is 11.7. The van der Waals surface area contributed by atoms with Gasteiger partial charge in [0.25, 0.3) is 0 Å². The van der Waals surface area contributed by atoms with E-state index >= 15 is 0 Å². The third-order valence-corrected chi connectivity index (χ3v) is 5.95.